The highest BCUT2D eigenvalue weighted by Gasteiger charge is 2.03. The first-order chi connectivity index (χ1) is 9.16. The van der Waals surface area contributed by atoms with E-state index in [0.717, 1.165) is 29.8 Å². The quantitative estimate of drug-likeness (QED) is 0.660. The van der Waals surface area contributed by atoms with Crippen LogP contribution in [0.25, 0.3) is 0 Å². The maximum atomic E-state index is 10.5. The van der Waals surface area contributed by atoms with Crippen LogP contribution in [0.2, 0.25) is 0 Å². The largest absolute Gasteiger partial charge is 0.384 e. The molecule has 0 unspecified atom stereocenters. The van der Waals surface area contributed by atoms with Crippen LogP contribution in [0.3, 0.4) is 0 Å². The Morgan fingerprint density at radius 1 is 1.26 bits per heavy atom. The van der Waals surface area contributed by atoms with E-state index in [9.17, 15) is 10.1 Å². The Morgan fingerprint density at radius 2 is 2.00 bits per heavy atom. The Labute approximate surface area is 111 Å². The molecule has 1 aromatic carbocycles. The van der Waals surface area contributed by atoms with E-state index in [1.54, 1.807) is 18.3 Å². The second-order valence-corrected chi connectivity index (χ2v) is 4.29. The summed E-state index contributed by atoms with van der Waals surface area (Å²) >= 11 is 0. The molecule has 0 saturated carbocycles. The van der Waals surface area contributed by atoms with E-state index in [-0.39, 0.29) is 10.6 Å². The summed E-state index contributed by atoms with van der Waals surface area (Å²) in [7, 11) is 0. The van der Waals surface area contributed by atoms with E-state index in [2.05, 4.69) is 10.3 Å². The van der Waals surface area contributed by atoms with Crippen LogP contribution in [-0.4, -0.2) is 16.5 Å². The summed E-state index contributed by atoms with van der Waals surface area (Å²) in [5.41, 5.74) is 3.37. The van der Waals surface area contributed by atoms with E-state index in [1.165, 1.54) is 12.1 Å². The summed E-state index contributed by atoms with van der Waals surface area (Å²) in [6.07, 6.45) is 4.38. The van der Waals surface area contributed by atoms with Gasteiger partial charge < -0.3 is 5.32 Å². The van der Waals surface area contributed by atoms with E-state index in [4.69, 9.17) is 0 Å². The van der Waals surface area contributed by atoms with Gasteiger partial charge in [-0.2, -0.15) is 0 Å². The average molecular weight is 257 g/mol. The van der Waals surface area contributed by atoms with Crippen LogP contribution in [0.1, 0.15) is 11.1 Å². The highest BCUT2D eigenvalue weighted by atomic mass is 16.6. The van der Waals surface area contributed by atoms with Crippen LogP contribution >= 0.6 is 0 Å². The molecule has 19 heavy (non-hydrogen) atoms. The molecular formula is C14H15N3O2. The summed E-state index contributed by atoms with van der Waals surface area (Å²) < 4.78 is 0. The maximum Gasteiger partial charge on any atom is 0.269 e. The van der Waals surface area contributed by atoms with Crippen LogP contribution < -0.4 is 5.32 Å². The highest BCUT2D eigenvalue weighted by molar-refractivity contribution is 5.48. The van der Waals surface area contributed by atoms with Gasteiger partial charge in [-0.05, 0) is 30.5 Å². The number of benzene rings is 1. The number of rotatable bonds is 5. The fourth-order valence-electron chi connectivity index (χ4n) is 1.80. The number of nitro benzene ring substituents is 1. The van der Waals surface area contributed by atoms with Crippen molar-refractivity contribution in [2.24, 2.45) is 0 Å². The molecule has 0 saturated heterocycles. The van der Waals surface area contributed by atoms with Gasteiger partial charge in [0.1, 0.15) is 0 Å². The molecule has 0 aliphatic rings. The van der Waals surface area contributed by atoms with Crippen molar-refractivity contribution in [1.29, 1.82) is 0 Å². The minimum Gasteiger partial charge on any atom is -0.384 e. The Bertz CT molecular complexity index is 567. The van der Waals surface area contributed by atoms with E-state index >= 15 is 0 Å². The van der Waals surface area contributed by atoms with E-state index in [0.29, 0.717) is 0 Å². The van der Waals surface area contributed by atoms with Crippen molar-refractivity contribution < 1.29 is 4.92 Å². The number of anilines is 1. The van der Waals surface area contributed by atoms with Crippen molar-refractivity contribution in [1.82, 2.24) is 4.98 Å². The number of nitrogens with zero attached hydrogens (tertiary/aromatic N) is 2. The molecule has 0 fully saturated rings. The fraction of sp³-hybridized carbons (Fsp3) is 0.214. The number of nitro groups is 1. The second kappa shape index (κ2) is 5.95. The Balaban J connectivity index is 1.89. The molecule has 0 spiro atoms. The third-order valence-electron chi connectivity index (χ3n) is 2.90. The lowest BCUT2D eigenvalue weighted by Gasteiger charge is -2.08. The van der Waals surface area contributed by atoms with Gasteiger partial charge in [-0.1, -0.05) is 12.1 Å². The number of pyridine rings is 1. The topological polar surface area (TPSA) is 68.1 Å². The van der Waals surface area contributed by atoms with Gasteiger partial charge in [0.25, 0.3) is 5.69 Å². The zero-order chi connectivity index (χ0) is 13.7. The minimum absolute atomic E-state index is 0.127. The molecular weight excluding hydrogens is 242 g/mol. The lowest BCUT2D eigenvalue weighted by atomic mass is 10.1. The minimum atomic E-state index is -0.387. The lowest BCUT2D eigenvalue weighted by molar-refractivity contribution is -0.384. The molecule has 0 bridgehead atoms. The van der Waals surface area contributed by atoms with Crippen LogP contribution in [0.4, 0.5) is 11.4 Å². The van der Waals surface area contributed by atoms with Gasteiger partial charge in [0.05, 0.1) is 4.92 Å². The summed E-state index contributed by atoms with van der Waals surface area (Å²) in [6.45, 7) is 2.78. The molecule has 0 aliphatic carbocycles. The smallest absolute Gasteiger partial charge is 0.269 e. The Kier molecular flexibility index (Phi) is 4.07. The second-order valence-electron chi connectivity index (χ2n) is 4.29. The monoisotopic (exact) mass is 257 g/mol. The van der Waals surface area contributed by atoms with Gasteiger partial charge in [0.15, 0.2) is 0 Å². The zero-order valence-electron chi connectivity index (χ0n) is 10.7. The average Bonchev–Trinajstić information content (AvgIpc) is 2.41. The lowest BCUT2D eigenvalue weighted by Crippen LogP contribution is -2.06. The van der Waals surface area contributed by atoms with Crippen molar-refractivity contribution in [3.63, 3.8) is 0 Å². The molecule has 5 heteroatoms. The predicted octanol–water partition coefficient (Wildman–Crippen LogP) is 2.95. The van der Waals surface area contributed by atoms with E-state index < -0.39 is 0 Å². The van der Waals surface area contributed by atoms with Crippen molar-refractivity contribution >= 4 is 11.4 Å². The van der Waals surface area contributed by atoms with Gasteiger partial charge in [0, 0.05) is 36.8 Å². The van der Waals surface area contributed by atoms with Crippen LogP contribution in [-0.2, 0) is 6.42 Å². The Morgan fingerprint density at radius 3 is 2.63 bits per heavy atom. The summed E-state index contributed by atoms with van der Waals surface area (Å²) in [4.78, 5) is 14.2. The zero-order valence-corrected chi connectivity index (χ0v) is 10.7. The van der Waals surface area contributed by atoms with Gasteiger partial charge in [-0.25, -0.2) is 0 Å². The first-order valence-corrected chi connectivity index (χ1v) is 6.04. The molecule has 0 atom stereocenters. The molecule has 2 rings (SSSR count). The van der Waals surface area contributed by atoms with Crippen molar-refractivity contribution in [3.05, 3.63) is 64.0 Å². The van der Waals surface area contributed by atoms with Crippen molar-refractivity contribution in [2.75, 3.05) is 11.9 Å². The number of hydrogen-bond acceptors (Lipinski definition) is 4. The number of aromatic nitrogens is 1. The molecule has 5 nitrogen and oxygen atoms in total. The fourth-order valence-corrected chi connectivity index (χ4v) is 1.80. The molecule has 98 valence electrons. The number of aryl methyl sites for hydroxylation is 1. The predicted molar refractivity (Wildman–Crippen MR) is 74.3 cm³/mol. The van der Waals surface area contributed by atoms with Crippen molar-refractivity contribution in [3.8, 4) is 0 Å². The molecule has 0 amide bonds. The van der Waals surface area contributed by atoms with Gasteiger partial charge >= 0.3 is 0 Å². The van der Waals surface area contributed by atoms with Crippen molar-refractivity contribution in [2.45, 2.75) is 13.3 Å². The standard InChI is InChI=1S/C14H15N3O2/c1-11-10-15-8-7-14(11)16-9-6-12-2-4-13(5-3-12)17(18)19/h2-5,7-8,10H,6,9H2,1H3,(H,15,16). The first kappa shape index (κ1) is 13.0. The number of non-ortho nitro benzene ring substituents is 1. The molecule has 2 aromatic rings. The molecule has 1 N–H and O–H groups in total. The van der Waals surface area contributed by atoms with Crippen LogP contribution in [0.5, 0.6) is 0 Å². The third-order valence-corrected chi connectivity index (χ3v) is 2.90. The summed E-state index contributed by atoms with van der Waals surface area (Å²) in [5.74, 6) is 0. The molecule has 0 aliphatic heterocycles. The summed E-state index contributed by atoms with van der Waals surface area (Å²) in [6, 6.07) is 8.59. The number of hydrogen-bond donors (Lipinski definition) is 1. The number of nitrogens with one attached hydrogen (secondary N) is 1. The third kappa shape index (κ3) is 3.51. The highest BCUT2D eigenvalue weighted by Crippen LogP contribution is 2.14. The molecule has 1 heterocycles. The van der Waals surface area contributed by atoms with Gasteiger partial charge in [-0.15, -0.1) is 0 Å². The van der Waals surface area contributed by atoms with Crippen LogP contribution in [0.15, 0.2) is 42.7 Å². The molecule has 0 radical (unpaired) electrons. The first-order valence-electron chi connectivity index (χ1n) is 6.04. The summed E-state index contributed by atoms with van der Waals surface area (Å²) in [5, 5.41) is 13.9. The van der Waals surface area contributed by atoms with E-state index in [1.807, 2.05) is 19.2 Å². The van der Waals surface area contributed by atoms with Gasteiger partial charge in [-0.3, -0.25) is 15.1 Å². The Hall–Kier alpha value is -2.43. The van der Waals surface area contributed by atoms with Gasteiger partial charge in [0.2, 0.25) is 0 Å². The maximum absolute atomic E-state index is 10.5. The molecule has 1 aromatic heterocycles. The normalized spacial score (nSPS) is 10.2. The SMILES string of the molecule is Cc1cnccc1NCCc1ccc([N+](=O)[O-])cc1. The van der Waals surface area contributed by atoms with Crippen LogP contribution in [0, 0.1) is 17.0 Å².